The summed E-state index contributed by atoms with van der Waals surface area (Å²) in [5.41, 5.74) is 0.908. The van der Waals surface area contributed by atoms with Crippen LogP contribution in [0.4, 0.5) is 0 Å². The van der Waals surface area contributed by atoms with Gasteiger partial charge in [0.2, 0.25) is 0 Å². The first-order valence-electron chi connectivity index (χ1n) is 3.67. The minimum absolute atomic E-state index is 0.168. The second kappa shape index (κ2) is 3.58. The molecule has 0 aromatic carbocycles. The molecule has 0 radical (unpaired) electrons. The minimum atomic E-state index is -0.296. The molecule has 0 amide bonds. The van der Waals surface area contributed by atoms with Crippen LogP contribution < -0.4 is 0 Å². The first kappa shape index (κ1) is 9.75. The van der Waals surface area contributed by atoms with Crippen molar-refractivity contribution in [2.24, 2.45) is 7.05 Å². The molecule has 0 spiro atoms. The van der Waals surface area contributed by atoms with Gasteiger partial charge in [0.1, 0.15) is 12.1 Å². The lowest BCUT2D eigenvalue weighted by Gasteiger charge is -1.96. The average molecular weight is 198 g/mol. The third kappa shape index (κ3) is 1.70. The highest BCUT2D eigenvalue weighted by molar-refractivity contribution is 6.34. The van der Waals surface area contributed by atoms with Crippen molar-refractivity contribution in [3.63, 3.8) is 0 Å². The van der Waals surface area contributed by atoms with Gasteiger partial charge in [0.05, 0.1) is 16.8 Å². The molecule has 0 saturated heterocycles. The standard InChI is InChI=1S/C8H8ClN3O/c1-5-7(9)8(12(2)11-5)6(13)3-4-10/h3H2,1-2H3. The summed E-state index contributed by atoms with van der Waals surface area (Å²) >= 11 is 5.83. The van der Waals surface area contributed by atoms with Gasteiger partial charge in [0, 0.05) is 7.05 Å². The van der Waals surface area contributed by atoms with Gasteiger partial charge in [-0.1, -0.05) is 11.6 Å². The van der Waals surface area contributed by atoms with Gasteiger partial charge in [-0.25, -0.2) is 0 Å². The number of carbonyl (C=O) groups is 1. The smallest absolute Gasteiger partial charge is 0.196 e. The molecule has 1 aromatic heterocycles. The Bertz CT molecular complexity index is 389. The van der Waals surface area contributed by atoms with E-state index >= 15 is 0 Å². The van der Waals surface area contributed by atoms with Gasteiger partial charge in [0.25, 0.3) is 0 Å². The summed E-state index contributed by atoms with van der Waals surface area (Å²) in [6, 6.07) is 1.78. The number of Topliss-reactive ketones (excluding diaryl/α,β-unsaturated/α-hetero) is 1. The predicted molar refractivity (Wildman–Crippen MR) is 47.5 cm³/mol. The zero-order chi connectivity index (χ0) is 10.0. The molecule has 0 aliphatic rings. The molecule has 0 unspecified atom stereocenters. The van der Waals surface area contributed by atoms with E-state index in [1.54, 1.807) is 20.0 Å². The highest BCUT2D eigenvalue weighted by atomic mass is 35.5. The minimum Gasteiger partial charge on any atom is -0.291 e. The Labute approximate surface area is 80.7 Å². The first-order valence-corrected chi connectivity index (χ1v) is 4.05. The third-order valence-electron chi connectivity index (χ3n) is 1.65. The fourth-order valence-corrected chi connectivity index (χ4v) is 1.36. The molecule has 5 heteroatoms. The molecule has 0 aliphatic carbocycles. The number of ketones is 1. The van der Waals surface area contributed by atoms with Crippen molar-refractivity contribution in [3.05, 3.63) is 16.4 Å². The summed E-state index contributed by atoms with van der Waals surface area (Å²) in [4.78, 5) is 11.3. The topological polar surface area (TPSA) is 58.7 Å². The van der Waals surface area contributed by atoms with Crippen molar-refractivity contribution in [2.45, 2.75) is 13.3 Å². The van der Waals surface area contributed by atoms with Gasteiger partial charge in [-0.2, -0.15) is 10.4 Å². The Hall–Kier alpha value is -1.34. The molecule has 0 atom stereocenters. The Morgan fingerprint density at radius 1 is 1.77 bits per heavy atom. The van der Waals surface area contributed by atoms with E-state index in [0.29, 0.717) is 16.4 Å². The van der Waals surface area contributed by atoms with E-state index in [9.17, 15) is 4.79 Å². The number of hydrogen-bond acceptors (Lipinski definition) is 3. The number of nitriles is 1. The zero-order valence-corrected chi connectivity index (χ0v) is 8.09. The van der Waals surface area contributed by atoms with Gasteiger partial charge in [-0.15, -0.1) is 0 Å². The van der Waals surface area contributed by atoms with Crippen LogP contribution in [0, 0.1) is 18.3 Å². The average Bonchev–Trinajstić information content (AvgIpc) is 2.27. The second-order valence-electron chi connectivity index (χ2n) is 2.63. The highest BCUT2D eigenvalue weighted by Crippen LogP contribution is 2.20. The summed E-state index contributed by atoms with van der Waals surface area (Å²) in [6.07, 6.45) is -0.168. The molecular weight excluding hydrogens is 190 g/mol. The fourth-order valence-electron chi connectivity index (χ4n) is 1.09. The summed E-state index contributed by atoms with van der Waals surface area (Å²) in [5.74, 6) is -0.296. The van der Waals surface area contributed by atoms with Crippen LogP contribution in [0.1, 0.15) is 22.6 Å². The Balaban J connectivity index is 3.15. The van der Waals surface area contributed by atoms with Crippen molar-refractivity contribution in [1.29, 1.82) is 5.26 Å². The Morgan fingerprint density at radius 3 is 2.77 bits per heavy atom. The molecule has 4 nitrogen and oxygen atoms in total. The molecule has 1 rings (SSSR count). The van der Waals surface area contributed by atoms with Crippen molar-refractivity contribution < 1.29 is 4.79 Å². The van der Waals surface area contributed by atoms with Crippen LogP contribution in [-0.4, -0.2) is 15.6 Å². The number of aryl methyl sites for hydroxylation is 2. The number of aromatic nitrogens is 2. The molecule has 1 heterocycles. The molecule has 0 fully saturated rings. The molecule has 0 aliphatic heterocycles. The second-order valence-corrected chi connectivity index (χ2v) is 3.01. The summed E-state index contributed by atoms with van der Waals surface area (Å²) in [7, 11) is 1.63. The van der Waals surface area contributed by atoms with Crippen molar-refractivity contribution >= 4 is 17.4 Å². The number of nitrogens with zero attached hydrogens (tertiary/aromatic N) is 3. The lowest BCUT2D eigenvalue weighted by Crippen LogP contribution is -2.06. The molecule has 0 N–H and O–H groups in total. The molecular formula is C8H8ClN3O. The quantitative estimate of drug-likeness (QED) is 0.675. The number of rotatable bonds is 2. The van der Waals surface area contributed by atoms with Crippen LogP contribution in [0.2, 0.25) is 5.02 Å². The third-order valence-corrected chi connectivity index (χ3v) is 2.11. The number of halogens is 1. The Morgan fingerprint density at radius 2 is 2.38 bits per heavy atom. The highest BCUT2D eigenvalue weighted by Gasteiger charge is 2.17. The summed E-state index contributed by atoms with van der Waals surface area (Å²) in [5, 5.41) is 12.6. The van der Waals surface area contributed by atoms with Gasteiger partial charge in [-0.3, -0.25) is 9.48 Å². The van der Waals surface area contributed by atoms with Crippen molar-refractivity contribution in [3.8, 4) is 6.07 Å². The maximum atomic E-state index is 11.3. The van der Waals surface area contributed by atoms with Crippen LogP contribution in [0.15, 0.2) is 0 Å². The van der Waals surface area contributed by atoms with E-state index in [0.717, 1.165) is 0 Å². The van der Waals surface area contributed by atoms with Crippen LogP contribution in [-0.2, 0) is 7.05 Å². The van der Waals surface area contributed by atoms with Crippen LogP contribution in [0.25, 0.3) is 0 Å². The van der Waals surface area contributed by atoms with E-state index < -0.39 is 0 Å². The normalized spacial score (nSPS) is 9.69. The van der Waals surface area contributed by atoms with E-state index in [4.69, 9.17) is 16.9 Å². The predicted octanol–water partition coefficient (Wildman–Crippen LogP) is 1.48. The molecule has 0 saturated carbocycles. The molecule has 0 bridgehead atoms. The monoisotopic (exact) mass is 197 g/mol. The van der Waals surface area contributed by atoms with E-state index in [2.05, 4.69) is 5.10 Å². The van der Waals surface area contributed by atoms with Gasteiger partial charge in [-0.05, 0) is 6.92 Å². The summed E-state index contributed by atoms with van der Waals surface area (Å²) < 4.78 is 1.40. The zero-order valence-electron chi connectivity index (χ0n) is 7.33. The van der Waals surface area contributed by atoms with Gasteiger partial charge >= 0.3 is 0 Å². The molecule has 68 valence electrons. The number of carbonyl (C=O) groups excluding carboxylic acids is 1. The first-order chi connectivity index (χ1) is 6.07. The van der Waals surface area contributed by atoms with Crippen molar-refractivity contribution in [2.75, 3.05) is 0 Å². The van der Waals surface area contributed by atoms with Crippen LogP contribution in [0.5, 0.6) is 0 Å². The maximum absolute atomic E-state index is 11.3. The SMILES string of the molecule is Cc1nn(C)c(C(=O)CC#N)c1Cl. The van der Waals surface area contributed by atoms with Crippen LogP contribution in [0.3, 0.4) is 0 Å². The van der Waals surface area contributed by atoms with Crippen LogP contribution >= 0.6 is 11.6 Å². The van der Waals surface area contributed by atoms with Gasteiger partial charge < -0.3 is 0 Å². The van der Waals surface area contributed by atoms with E-state index in [-0.39, 0.29) is 12.2 Å². The Kier molecular flexibility index (Phi) is 2.69. The lowest BCUT2D eigenvalue weighted by atomic mass is 10.2. The molecule has 13 heavy (non-hydrogen) atoms. The maximum Gasteiger partial charge on any atom is 0.196 e. The largest absolute Gasteiger partial charge is 0.291 e. The van der Waals surface area contributed by atoms with E-state index in [1.165, 1.54) is 4.68 Å². The van der Waals surface area contributed by atoms with Crippen molar-refractivity contribution in [1.82, 2.24) is 9.78 Å². The lowest BCUT2D eigenvalue weighted by molar-refractivity contribution is 0.0989. The fraction of sp³-hybridized carbons (Fsp3) is 0.375. The molecule has 1 aromatic rings. The van der Waals surface area contributed by atoms with E-state index in [1.807, 2.05) is 0 Å². The van der Waals surface area contributed by atoms with Gasteiger partial charge in [0.15, 0.2) is 5.78 Å². The summed E-state index contributed by atoms with van der Waals surface area (Å²) in [6.45, 7) is 1.71. The number of hydrogen-bond donors (Lipinski definition) is 0.